The number of unbranched alkanes of at least 4 members (excludes halogenated alkanes) is 4. The molecule has 6 amide bonds. The third-order valence-corrected chi connectivity index (χ3v) is 10.0. The highest BCUT2D eigenvalue weighted by Gasteiger charge is 2.41. The standard InChI is InChI=1S/C30H32N8O6S4/c39-21(33-35-25(41)19-9-13-31-14-10-19)7-3-1-5-17-37-27(43)23(47-29(37)45)24-28(44)38(30(46)48-24)18-6-2-4-8-22(40)34-36-26(42)20-11-15-32-16-12-20/h9-16H,1-8,17-18H2,(H,33,39)(H,34,40)(H,35,41)(H,36,42). The quantitative estimate of drug-likeness (QED) is 0.0968. The number of amides is 6. The summed E-state index contributed by atoms with van der Waals surface area (Å²) in [6.07, 6.45) is 9.84. The van der Waals surface area contributed by atoms with Gasteiger partial charge in [-0.3, -0.25) is 70.2 Å². The SMILES string of the molecule is O=C(CCCCCN1C(=O)C(=C2SC(=S)N(CCCCCC(=O)NNC(=O)c3ccncc3)C2=O)SC1=S)NNC(=O)c1ccncc1. The van der Waals surface area contributed by atoms with Gasteiger partial charge in [0.25, 0.3) is 23.6 Å². The number of rotatable bonds is 14. The topological polar surface area (TPSA) is 183 Å². The molecule has 0 unspecified atom stereocenters. The fraction of sp³-hybridized carbons (Fsp3) is 0.333. The second-order valence-corrected chi connectivity index (χ2v) is 13.7. The first-order chi connectivity index (χ1) is 23.2. The fourth-order valence-electron chi connectivity index (χ4n) is 4.45. The van der Waals surface area contributed by atoms with Gasteiger partial charge < -0.3 is 0 Å². The summed E-state index contributed by atoms with van der Waals surface area (Å²) in [4.78, 5) is 85.7. The first kappa shape index (κ1) is 36.6. The van der Waals surface area contributed by atoms with E-state index in [1.807, 2.05) is 0 Å². The summed E-state index contributed by atoms with van der Waals surface area (Å²) in [5.74, 6) is -2.24. The number of carbonyl (C=O) groups is 6. The van der Waals surface area contributed by atoms with Crippen LogP contribution in [0.3, 0.4) is 0 Å². The Hall–Kier alpha value is -4.26. The number of carbonyl (C=O) groups excluding carboxylic acids is 6. The number of nitrogens with zero attached hydrogens (tertiary/aromatic N) is 4. The van der Waals surface area contributed by atoms with Gasteiger partial charge in [-0.1, -0.05) is 60.8 Å². The molecule has 4 N–H and O–H groups in total. The molecule has 2 aromatic rings. The molecular formula is C30H32N8O6S4. The van der Waals surface area contributed by atoms with Crippen molar-refractivity contribution in [3.63, 3.8) is 0 Å². The summed E-state index contributed by atoms with van der Waals surface area (Å²) in [5, 5.41) is 0. The molecule has 0 bridgehead atoms. The summed E-state index contributed by atoms with van der Waals surface area (Å²) < 4.78 is 0.708. The Morgan fingerprint density at radius 3 is 1.33 bits per heavy atom. The molecule has 4 heterocycles. The number of hydrogen-bond acceptors (Lipinski definition) is 12. The molecule has 14 nitrogen and oxygen atoms in total. The Labute approximate surface area is 295 Å². The maximum Gasteiger partial charge on any atom is 0.269 e. The van der Waals surface area contributed by atoms with Crippen molar-refractivity contribution >= 4 is 92.0 Å². The van der Waals surface area contributed by atoms with Gasteiger partial charge in [-0.2, -0.15) is 0 Å². The van der Waals surface area contributed by atoms with Crippen LogP contribution >= 0.6 is 48.0 Å². The van der Waals surface area contributed by atoms with E-state index in [1.165, 1.54) is 58.9 Å². The second kappa shape index (κ2) is 18.3. The highest BCUT2D eigenvalue weighted by atomic mass is 32.2. The monoisotopic (exact) mass is 728 g/mol. The smallest absolute Gasteiger partial charge is 0.269 e. The largest absolute Gasteiger partial charge is 0.293 e. The predicted molar refractivity (Wildman–Crippen MR) is 187 cm³/mol. The van der Waals surface area contributed by atoms with Crippen LogP contribution < -0.4 is 21.7 Å². The third kappa shape index (κ3) is 10.4. The maximum absolute atomic E-state index is 13.2. The Morgan fingerprint density at radius 2 is 0.958 bits per heavy atom. The van der Waals surface area contributed by atoms with Crippen LogP contribution in [-0.4, -0.2) is 76.9 Å². The zero-order valence-corrected chi connectivity index (χ0v) is 28.8. The zero-order valence-electron chi connectivity index (χ0n) is 25.6. The van der Waals surface area contributed by atoms with Crippen molar-refractivity contribution in [2.45, 2.75) is 51.4 Å². The van der Waals surface area contributed by atoms with Crippen molar-refractivity contribution in [2.24, 2.45) is 0 Å². The minimum absolute atomic E-state index is 0.190. The van der Waals surface area contributed by atoms with Gasteiger partial charge in [-0.25, -0.2) is 0 Å². The van der Waals surface area contributed by atoms with Gasteiger partial charge in [0.2, 0.25) is 11.8 Å². The minimum atomic E-state index is -0.444. The molecule has 0 saturated carbocycles. The molecule has 4 rings (SSSR count). The fourth-order valence-corrected chi connectivity index (χ4v) is 7.22. The highest BCUT2D eigenvalue weighted by molar-refractivity contribution is 8.29. The van der Waals surface area contributed by atoms with Gasteiger partial charge >= 0.3 is 0 Å². The summed E-state index contributed by atoms with van der Waals surface area (Å²) in [6, 6.07) is 6.12. The van der Waals surface area contributed by atoms with E-state index < -0.39 is 11.8 Å². The molecule has 0 aromatic carbocycles. The lowest BCUT2D eigenvalue weighted by atomic mass is 10.2. The van der Waals surface area contributed by atoms with Crippen LogP contribution in [0.1, 0.15) is 72.1 Å². The van der Waals surface area contributed by atoms with E-state index in [4.69, 9.17) is 24.4 Å². The molecule has 0 atom stereocenters. The Balaban J connectivity index is 1.12. The number of thioether (sulfide) groups is 2. The van der Waals surface area contributed by atoms with Gasteiger partial charge in [-0.05, 0) is 49.9 Å². The minimum Gasteiger partial charge on any atom is -0.293 e. The molecule has 48 heavy (non-hydrogen) atoms. The van der Waals surface area contributed by atoms with E-state index in [2.05, 4.69) is 31.7 Å². The summed E-state index contributed by atoms with van der Waals surface area (Å²) >= 11 is 13.0. The molecule has 0 spiro atoms. The molecule has 18 heteroatoms. The predicted octanol–water partition coefficient (Wildman–Crippen LogP) is 2.75. The van der Waals surface area contributed by atoms with E-state index >= 15 is 0 Å². The first-order valence-electron chi connectivity index (χ1n) is 15.0. The number of pyridine rings is 2. The summed E-state index contributed by atoms with van der Waals surface area (Å²) in [7, 11) is 0. The van der Waals surface area contributed by atoms with E-state index in [9.17, 15) is 28.8 Å². The van der Waals surface area contributed by atoms with Crippen molar-refractivity contribution in [3.8, 4) is 0 Å². The molecule has 252 valence electrons. The van der Waals surface area contributed by atoms with Crippen LogP contribution in [0.2, 0.25) is 0 Å². The van der Waals surface area contributed by atoms with E-state index in [0.717, 1.165) is 23.5 Å². The molecule has 2 fully saturated rings. The average Bonchev–Trinajstić information content (AvgIpc) is 3.54. The Kier molecular flexibility index (Phi) is 14.0. The van der Waals surface area contributed by atoms with E-state index in [1.54, 1.807) is 0 Å². The molecule has 0 radical (unpaired) electrons. The van der Waals surface area contributed by atoms with Gasteiger partial charge in [0, 0.05) is 61.8 Å². The average molecular weight is 729 g/mol. The molecule has 2 aromatic heterocycles. The molecule has 2 saturated heterocycles. The zero-order chi connectivity index (χ0) is 34.5. The Bertz CT molecular complexity index is 1490. The number of nitrogens with one attached hydrogen (secondary N) is 4. The van der Waals surface area contributed by atoms with Crippen LogP contribution in [0.5, 0.6) is 0 Å². The van der Waals surface area contributed by atoms with Crippen LogP contribution in [0.4, 0.5) is 0 Å². The lowest BCUT2D eigenvalue weighted by Gasteiger charge is -2.14. The molecule has 0 aliphatic carbocycles. The first-order valence-corrected chi connectivity index (χ1v) is 17.4. The second-order valence-electron chi connectivity index (χ2n) is 10.4. The van der Waals surface area contributed by atoms with Gasteiger partial charge in [0.1, 0.15) is 8.64 Å². The normalized spacial score (nSPS) is 15.9. The number of aromatic nitrogens is 2. The number of hydrogen-bond donors (Lipinski definition) is 4. The van der Waals surface area contributed by atoms with Crippen LogP contribution in [0.15, 0.2) is 58.9 Å². The van der Waals surface area contributed by atoms with E-state index in [0.29, 0.717) is 71.4 Å². The highest BCUT2D eigenvalue weighted by Crippen LogP contribution is 2.42. The molecule has 2 aliphatic rings. The number of hydrazine groups is 2. The van der Waals surface area contributed by atoms with Crippen molar-refractivity contribution in [3.05, 3.63) is 70.0 Å². The van der Waals surface area contributed by atoms with Crippen molar-refractivity contribution in [2.75, 3.05) is 13.1 Å². The summed E-state index contributed by atoms with van der Waals surface area (Å²) in [6.45, 7) is 0.686. The lowest BCUT2D eigenvalue weighted by molar-refractivity contribution is -0.124. The van der Waals surface area contributed by atoms with Gasteiger partial charge in [0.15, 0.2) is 0 Å². The van der Waals surface area contributed by atoms with Crippen LogP contribution in [-0.2, 0) is 19.2 Å². The lowest BCUT2D eigenvalue weighted by Crippen LogP contribution is -2.41. The van der Waals surface area contributed by atoms with Crippen molar-refractivity contribution in [1.82, 2.24) is 41.5 Å². The Morgan fingerprint density at radius 1 is 0.583 bits per heavy atom. The molecular weight excluding hydrogens is 697 g/mol. The van der Waals surface area contributed by atoms with Gasteiger partial charge in [0.05, 0.1) is 9.81 Å². The van der Waals surface area contributed by atoms with Crippen molar-refractivity contribution < 1.29 is 28.8 Å². The molecule has 2 aliphatic heterocycles. The van der Waals surface area contributed by atoms with Gasteiger partial charge in [-0.15, -0.1) is 0 Å². The third-order valence-electron chi connectivity index (χ3n) is 6.99. The van der Waals surface area contributed by atoms with Crippen LogP contribution in [0.25, 0.3) is 0 Å². The number of thiocarbonyl (C=S) groups is 2. The van der Waals surface area contributed by atoms with Crippen molar-refractivity contribution in [1.29, 1.82) is 0 Å². The summed E-state index contributed by atoms with van der Waals surface area (Å²) in [5.41, 5.74) is 10.2. The van der Waals surface area contributed by atoms with Crippen LogP contribution in [0, 0.1) is 0 Å². The maximum atomic E-state index is 13.2. The van der Waals surface area contributed by atoms with E-state index in [-0.39, 0.29) is 46.3 Å².